The summed E-state index contributed by atoms with van der Waals surface area (Å²) in [7, 11) is -0.575. The molecule has 4 aromatic rings. The third-order valence-corrected chi connectivity index (χ3v) is 11.1. The fourth-order valence-corrected chi connectivity index (χ4v) is 8.75. The second-order valence-electron chi connectivity index (χ2n) is 13.7. The van der Waals surface area contributed by atoms with Gasteiger partial charge in [-0.3, -0.25) is 9.59 Å². The number of para-hydroxylation sites is 2. The van der Waals surface area contributed by atoms with Crippen molar-refractivity contribution >= 4 is 40.7 Å². The van der Waals surface area contributed by atoms with Gasteiger partial charge in [-0.05, 0) is 73.1 Å². The number of ketones is 1. The normalized spacial score (nSPS) is 28.4. The van der Waals surface area contributed by atoms with Gasteiger partial charge in [-0.1, -0.05) is 50.2 Å². The topological polar surface area (TPSA) is 82.7 Å². The molecule has 5 aliphatic rings. The average molecular weight is 564 g/mol. The summed E-state index contributed by atoms with van der Waals surface area (Å²) in [6.07, 6.45) is 5.93. The lowest BCUT2D eigenvalue weighted by atomic mass is 9.43. The first-order valence-electron chi connectivity index (χ1n) is 15.4. The number of carbonyl (C=O) groups is 2. The molecule has 7 nitrogen and oxygen atoms in total. The Morgan fingerprint density at radius 2 is 1.88 bits per heavy atom. The Balaban J connectivity index is 1.11. The van der Waals surface area contributed by atoms with Crippen LogP contribution >= 0.6 is 0 Å². The van der Waals surface area contributed by atoms with E-state index in [1.807, 2.05) is 48.5 Å². The maximum atomic E-state index is 13.9. The van der Waals surface area contributed by atoms with Crippen LogP contribution in [-0.2, 0) is 33.5 Å². The van der Waals surface area contributed by atoms with E-state index in [1.165, 1.54) is 6.42 Å². The van der Waals surface area contributed by atoms with Crippen LogP contribution in [0.1, 0.15) is 68.1 Å². The minimum atomic E-state index is -0.575. The molecule has 5 atom stereocenters. The molecule has 0 radical (unpaired) electrons. The Labute approximate surface area is 246 Å². The van der Waals surface area contributed by atoms with E-state index in [1.54, 1.807) is 6.26 Å². The summed E-state index contributed by atoms with van der Waals surface area (Å²) in [6, 6.07) is 16.0. The van der Waals surface area contributed by atoms with Gasteiger partial charge in [0.15, 0.2) is 5.78 Å². The molecule has 3 saturated carbocycles. The summed E-state index contributed by atoms with van der Waals surface area (Å²) in [5.41, 5.74) is 4.19. The van der Waals surface area contributed by atoms with Crippen LogP contribution in [0.25, 0.3) is 21.9 Å². The van der Waals surface area contributed by atoms with Gasteiger partial charge in [0.05, 0.1) is 36.0 Å². The number of nitrogens with zero attached hydrogens (tertiary/aromatic N) is 1. The molecule has 42 heavy (non-hydrogen) atoms. The Morgan fingerprint density at radius 1 is 1.10 bits per heavy atom. The summed E-state index contributed by atoms with van der Waals surface area (Å²) < 4.78 is 21.5. The van der Waals surface area contributed by atoms with E-state index < -0.39 is 13.1 Å². The van der Waals surface area contributed by atoms with E-state index in [0.717, 1.165) is 52.4 Å². The summed E-state index contributed by atoms with van der Waals surface area (Å²) in [5, 5.41) is 5.32. The van der Waals surface area contributed by atoms with Crippen LogP contribution in [0.2, 0.25) is 0 Å². The fourth-order valence-electron chi connectivity index (χ4n) is 8.75. The molecule has 1 amide bonds. The number of aryl methyl sites for hydroxylation is 1. The van der Waals surface area contributed by atoms with E-state index in [-0.39, 0.29) is 35.2 Å². The molecule has 216 valence electrons. The fraction of sp³-hybridized carbons (Fsp3) is 0.471. The summed E-state index contributed by atoms with van der Waals surface area (Å²) in [6.45, 7) is 7.70. The smallest absolute Gasteiger partial charge is 0.464 e. The number of nitrogens with one attached hydrogen (secondary N) is 1. The van der Waals surface area contributed by atoms with Crippen LogP contribution in [0.3, 0.4) is 0 Å². The maximum Gasteiger partial charge on any atom is 0.482 e. The molecule has 8 heteroatoms. The second kappa shape index (κ2) is 9.32. The standard InChI is InChI=1S/C34H37BN2O5/c1-33(2)21-16-28(33)34(3)29(17-21)41-35(42-34)30(15-20-19-40-27-13-7-5-9-22(20)27)36-31(39)18-24-23-10-4-6-11-25(23)37-14-8-12-26(38)32(24)37/h4-7,9-11,13,19,21,28-30H,8,12,14-18H2,1-3H3,(H,36,39)/t21-,28-,29+,30-,34-/m0/s1. The summed E-state index contributed by atoms with van der Waals surface area (Å²) >= 11 is 0. The SMILES string of the molecule is CC1(C)[C@@H]2C[C@H]3OB([C@H](Cc4coc5ccccc45)NC(=O)Cc4c5n(c6ccccc46)CCCC5=O)O[C@@]3(C)[C@H]1C2. The van der Waals surface area contributed by atoms with Gasteiger partial charge < -0.3 is 23.6 Å². The Bertz CT molecular complexity index is 1740. The van der Waals surface area contributed by atoms with Gasteiger partial charge in [-0.25, -0.2) is 0 Å². The number of amides is 1. The van der Waals surface area contributed by atoms with Crippen LogP contribution in [0.15, 0.2) is 59.2 Å². The molecule has 4 heterocycles. The third kappa shape index (κ3) is 3.80. The van der Waals surface area contributed by atoms with Crippen molar-refractivity contribution in [2.45, 2.75) is 83.5 Å². The van der Waals surface area contributed by atoms with Gasteiger partial charge >= 0.3 is 7.12 Å². The minimum Gasteiger partial charge on any atom is -0.464 e. The monoisotopic (exact) mass is 564 g/mol. The molecule has 2 bridgehead atoms. The van der Waals surface area contributed by atoms with E-state index in [0.29, 0.717) is 30.4 Å². The zero-order chi connectivity index (χ0) is 28.8. The lowest BCUT2D eigenvalue weighted by molar-refractivity contribution is -0.199. The van der Waals surface area contributed by atoms with Crippen molar-refractivity contribution in [1.29, 1.82) is 0 Å². The lowest BCUT2D eigenvalue weighted by Gasteiger charge is -2.64. The number of aromatic nitrogens is 1. The van der Waals surface area contributed by atoms with Crippen molar-refractivity contribution in [2.75, 3.05) is 0 Å². The molecule has 0 unspecified atom stereocenters. The highest BCUT2D eigenvalue weighted by atomic mass is 16.7. The van der Waals surface area contributed by atoms with E-state index in [4.69, 9.17) is 13.7 Å². The zero-order valence-corrected chi connectivity index (χ0v) is 24.5. The van der Waals surface area contributed by atoms with Gasteiger partial charge in [-0.2, -0.15) is 0 Å². The van der Waals surface area contributed by atoms with Crippen molar-refractivity contribution in [3.63, 3.8) is 0 Å². The van der Waals surface area contributed by atoms with Crippen molar-refractivity contribution in [3.8, 4) is 0 Å². The highest BCUT2D eigenvalue weighted by molar-refractivity contribution is 6.48. The number of hydrogen-bond donors (Lipinski definition) is 1. The first-order valence-corrected chi connectivity index (χ1v) is 15.4. The average Bonchev–Trinajstić information content (AvgIpc) is 3.65. The molecule has 1 saturated heterocycles. The Kier molecular flexibility index (Phi) is 5.83. The first kappa shape index (κ1) is 26.3. The number of carbonyl (C=O) groups excluding carboxylic acids is 2. The van der Waals surface area contributed by atoms with Crippen LogP contribution in [0, 0.1) is 17.3 Å². The molecular weight excluding hydrogens is 527 g/mol. The third-order valence-electron chi connectivity index (χ3n) is 11.1. The van der Waals surface area contributed by atoms with Crippen LogP contribution < -0.4 is 5.32 Å². The molecule has 2 aromatic heterocycles. The summed E-state index contributed by atoms with van der Waals surface area (Å²) in [4.78, 5) is 27.0. The molecule has 1 N–H and O–H groups in total. The second-order valence-corrected chi connectivity index (χ2v) is 13.7. The van der Waals surface area contributed by atoms with Crippen LogP contribution in [-0.4, -0.2) is 41.0 Å². The van der Waals surface area contributed by atoms with Gasteiger partial charge in [-0.15, -0.1) is 0 Å². The number of hydrogen-bond acceptors (Lipinski definition) is 5. The zero-order valence-electron chi connectivity index (χ0n) is 24.5. The molecule has 2 aromatic carbocycles. The minimum absolute atomic E-state index is 0.0137. The number of benzene rings is 2. The molecular formula is C34H37BN2O5. The number of rotatable bonds is 6. The van der Waals surface area contributed by atoms with Crippen LogP contribution in [0.5, 0.6) is 0 Å². The number of fused-ring (bicyclic) bond motifs is 4. The van der Waals surface area contributed by atoms with Gasteiger partial charge in [0, 0.05) is 29.3 Å². The summed E-state index contributed by atoms with van der Waals surface area (Å²) in [5.74, 6) is 0.627. The van der Waals surface area contributed by atoms with Crippen molar-refractivity contribution in [3.05, 3.63) is 71.6 Å². The number of Topliss-reactive ketones (excluding diaryl/α,β-unsaturated/α-hetero) is 1. The van der Waals surface area contributed by atoms with E-state index >= 15 is 0 Å². The van der Waals surface area contributed by atoms with Gasteiger partial charge in [0.1, 0.15) is 5.58 Å². The predicted octanol–water partition coefficient (Wildman–Crippen LogP) is 5.90. The number of furan rings is 1. The van der Waals surface area contributed by atoms with E-state index in [2.05, 4.69) is 30.7 Å². The molecule has 0 spiro atoms. The van der Waals surface area contributed by atoms with Crippen molar-refractivity contribution < 1.29 is 23.3 Å². The predicted molar refractivity (Wildman–Crippen MR) is 161 cm³/mol. The largest absolute Gasteiger partial charge is 0.482 e. The van der Waals surface area contributed by atoms with E-state index in [9.17, 15) is 9.59 Å². The van der Waals surface area contributed by atoms with Gasteiger partial charge in [0.25, 0.3) is 0 Å². The highest BCUT2D eigenvalue weighted by Crippen LogP contribution is 2.65. The molecule has 3 aliphatic carbocycles. The highest BCUT2D eigenvalue weighted by Gasteiger charge is 2.68. The van der Waals surface area contributed by atoms with Gasteiger partial charge in [0.2, 0.25) is 5.91 Å². The Morgan fingerprint density at radius 3 is 2.71 bits per heavy atom. The van der Waals surface area contributed by atoms with Crippen molar-refractivity contribution in [2.24, 2.45) is 17.3 Å². The Hall–Kier alpha value is -3.36. The van der Waals surface area contributed by atoms with Crippen LogP contribution in [0.4, 0.5) is 0 Å². The lowest BCUT2D eigenvalue weighted by Crippen LogP contribution is -2.65. The maximum absolute atomic E-state index is 13.9. The molecule has 4 fully saturated rings. The van der Waals surface area contributed by atoms with Crippen molar-refractivity contribution in [1.82, 2.24) is 9.88 Å². The first-order chi connectivity index (χ1) is 20.2. The molecule has 9 rings (SSSR count). The molecule has 2 aliphatic heterocycles. The quantitative estimate of drug-likeness (QED) is 0.295.